The number of piperidine rings is 1. The van der Waals surface area contributed by atoms with Crippen molar-refractivity contribution < 1.29 is 17.5 Å². The molecule has 0 spiro atoms. The van der Waals surface area contributed by atoms with Crippen LogP contribution in [0, 0.1) is 5.82 Å². The van der Waals surface area contributed by atoms with Crippen molar-refractivity contribution >= 4 is 10.0 Å². The van der Waals surface area contributed by atoms with E-state index in [0.29, 0.717) is 31.5 Å². The third kappa shape index (κ3) is 4.83. The van der Waals surface area contributed by atoms with Crippen LogP contribution in [0.4, 0.5) is 4.39 Å². The van der Waals surface area contributed by atoms with Crippen LogP contribution in [0.15, 0.2) is 48.5 Å². The van der Waals surface area contributed by atoms with Crippen molar-refractivity contribution in [3.05, 3.63) is 65.5 Å². The van der Waals surface area contributed by atoms with E-state index in [9.17, 15) is 12.8 Å². The molecular formula is C20H24FNO3S. The summed E-state index contributed by atoms with van der Waals surface area (Å²) in [4.78, 5) is 0. The molecule has 26 heavy (non-hydrogen) atoms. The van der Waals surface area contributed by atoms with E-state index < -0.39 is 10.0 Å². The van der Waals surface area contributed by atoms with Crippen LogP contribution in [-0.2, 0) is 22.2 Å². The molecule has 1 aliphatic rings. The van der Waals surface area contributed by atoms with E-state index in [-0.39, 0.29) is 17.7 Å². The minimum atomic E-state index is -3.40. The third-order valence-electron chi connectivity index (χ3n) is 4.67. The number of benzene rings is 2. The van der Waals surface area contributed by atoms with Crippen molar-refractivity contribution in [2.45, 2.75) is 38.0 Å². The van der Waals surface area contributed by atoms with Gasteiger partial charge in [0.25, 0.3) is 0 Å². The minimum Gasteiger partial charge on any atom is -0.490 e. The van der Waals surface area contributed by atoms with Gasteiger partial charge in [0, 0.05) is 13.1 Å². The average molecular weight is 377 g/mol. The summed E-state index contributed by atoms with van der Waals surface area (Å²) in [7, 11) is -3.40. The highest BCUT2D eigenvalue weighted by Gasteiger charge is 2.29. The van der Waals surface area contributed by atoms with E-state index in [2.05, 4.69) is 13.0 Å². The predicted molar refractivity (Wildman–Crippen MR) is 100 cm³/mol. The van der Waals surface area contributed by atoms with Gasteiger partial charge >= 0.3 is 0 Å². The van der Waals surface area contributed by atoms with Gasteiger partial charge in [0.2, 0.25) is 10.0 Å². The summed E-state index contributed by atoms with van der Waals surface area (Å²) in [5, 5.41) is 0. The van der Waals surface area contributed by atoms with Crippen LogP contribution in [0.5, 0.6) is 5.75 Å². The van der Waals surface area contributed by atoms with Crippen LogP contribution >= 0.6 is 0 Å². The Labute approximate surface area is 154 Å². The second kappa shape index (κ2) is 8.18. The van der Waals surface area contributed by atoms with Crippen LogP contribution < -0.4 is 4.74 Å². The molecule has 3 rings (SSSR count). The van der Waals surface area contributed by atoms with Crippen LogP contribution in [0.1, 0.15) is 30.9 Å². The van der Waals surface area contributed by atoms with E-state index in [4.69, 9.17) is 4.74 Å². The molecule has 0 amide bonds. The van der Waals surface area contributed by atoms with Gasteiger partial charge in [0.15, 0.2) is 0 Å². The van der Waals surface area contributed by atoms with Crippen molar-refractivity contribution in [1.29, 1.82) is 0 Å². The first-order chi connectivity index (χ1) is 12.5. The third-order valence-corrected chi connectivity index (χ3v) is 6.52. The van der Waals surface area contributed by atoms with Gasteiger partial charge in [-0.05, 0) is 54.7 Å². The normalized spacial score (nSPS) is 16.5. The van der Waals surface area contributed by atoms with Crippen molar-refractivity contribution in [2.75, 3.05) is 13.1 Å². The molecule has 2 aromatic carbocycles. The van der Waals surface area contributed by atoms with E-state index >= 15 is 0 Å². The standard InChI is InChI=1S/C20H24FNO3S/c1-2-16-4-3-5-20(14-16)25-19-10-12-22(13-11-19)26(23,24)15-17-6-8-18(21)9-7-17/h3-9,14,19H,2,10-13,15H2,1H3. The highest BCUT2D eigenvalue weighted by molar-refractivity contribution is 7.88. The molecule has 1 heterocycles. The quantitative estimate of drug-likeness (QED) is 0.770. The Kier molecular flexibility index (Phi) is 5.94. The number of ether oxygens (including phenoxy) is 1. The van der Waals surface area contributed by atoms with Crippen molar-refractivity contribution in [2.24, 2.45) is 0 Å². The van der Waals surface area contributed by atoms with Gasteiger partial charge in [-0.1, -0.05) is 31.2 Å². The van der Waals surface area contributed by atoms with Crippen molar-refractivity contribution in [3.8, 4) is 5.75 Å². The molecule has 1 fully saturated rings. The lowest BCUT2D eigenvalue weighted by molar-refractivity contribution is 0.135. The van der Waals surface area contributed by atoms with Gasteiger partial charge in [0.1, 0.15) is 17.7 Å². The van der Waals surface area contributed by atoms with Gasteiger partial charge in [-0.15, -0.1) is 0 Å². The van der Waals surface area contributed by atoms with Gasteiger partial charge in [-0.2, -0.15) is 0 Å². The summed E-state index contributed by atoms with van der Waals surface area (Å²) < 4.78 is 45.7. The number of aryl methyl sites for hydroxylation is 1. The molecule has 4 nitrogen and oxygen atoms in total. The highest BCUT2D eigenvalue weighted by Crippen LogP contribution is 2.23. The zero-order chi connectivity index (χ0) is 18.6. The number of rotatable bonds is 6. The Balaban J connectivity index is 1.56. The Hall–Kier alpha value is -1.92. The van der Waals surface area contributed by atoms with Gasteiger partial charge in [0.05, 0.1) is 5.75 Å². The molecule has 0 bridgehead atoms. The molecule has 2 aromatic rings. The fraction of sp³-hybridized carbons (Fsp3) is 0.400. The first kappa shape index (κ1) is 18.9. The van der Waals surface area contributed by atoms with Crippen molar-refractivity contribution in [1.82, 2.24) is 4.31 Å². The maximum absolute atomic E-state index is 13.0. The molecule has 0 saturated carbocycles. The lowest BCUT2D eigenvalue weighted by atomic mass is 10.1. The topological polar surface area (TPSA) is 46.6 Å². The summed E-state index contributed by atoms with van der Waals surface area (Å²) in [6.45, 7) is 2.99. The van der Waals surface area contributed by atoms with Crippen LogP contribution in [0.25, 0.3) is 0 Å². The van der Waals surface area contributed by atoms with Crippen LogP contribution in [0.2, 0.25) is 0 Å². The number of sulfonamides is 1. The number of hydrogen-bond donors (Lipinski definition) is 0. The number of nitrogens with zero attached hydrogens (tertiary/aromatic N) is 1. The SMILES string of the molecule is CCc1cccc(OC2CCN(S(=O)(=O)Cc3ccc(F)cc3)CC2)c1. The number of hydrogen-bond acceptors (Lipinski definition) is 3. The zero-order valence-electron chi connectivity index (χ0n) is 14.9. The van der Waals surface area contributed by atoms with Gasteiger partial charge < -0.3 is 4.74 Å². The lowest BCUT2D eigenvalue weighted by Crippen LogP contribution is -2.42. The van der Waals surface area contributed by atoms with E-state index in [1.165, 1.54) is 34.1 Å². The summed E-state index contributed by atoms with van der Waals surface area (Å²) in [6, 6.07) is 13.6. The fourth-order valence-electron chi connectivity index (χ4n) is 3.14. The lowest BCUT2D eigenvalue weighted by Gasteiger charge is -2.31. The highest BCUT2D eigenvalue weighted by atomic mass is 32.2. The largest absolute Gasteiger partial charge is 0.490 e. The summed E-state index contributed by atoms with van der Waals surface area (Å²) in [6.07, 6.45) is 2.31. The first-order valence-electron chi connectivity index (χ1n) is 8.94. The smallest absolute Gasteiger partial charge is 0.218 e. The summed E-state index contributed by atoms with van der Waals surface area (Å²) in [5.41, 5.74) is 1.82. The van der Waals surface area contributed by atoms with E-state index in [1.807, 2.05) is 18.2 Å². The predicted octanol–water partition coefficient (Wildman–Crippen LogP) is 3.76. The van der Waals surface area contributed by atoms with E-state index in [0.717, 1.165) is 12.2 Å². The first-order valence-corrected chi connectivity index (χ1v) is 10.5. The maximum atomic E-state index is 13.0. The zero-order valence-corrected chi connectivity index (χ0v) is 15.7. The molecule has 0 aliphatic carbocycles. The monoisotopic (exact) mass is 377 g/mol. The molecule has 0 radical (unpaired) electrons. The van der Waals surface area contributed by atoms with Gasteiger partial charge in [-0.25, -0.2) is 17.1 Å². The Morgan fingerprint density at radius 1 is 1.08 bits per heavy atom. The Morgan fingerprint density at radius 3 is 2.42 bits per heavy atom. The molecule has 1 saturated heterocycles. The second-order valence-electron chi connectivity index (χ2n) is 6.60. The van der Waals surface area contributed by atoms with Crippen molar-refractivity contribution in [3.63, 3.8) is 0 Å². The fourth-order valence-corrected chi connectivity index (χ4v) is 4.71. The summed E-state index contributed by atoms with van der Waals surface area (Å²) in [5.74, 6) is 0.380. The molecule has 0 aromatic heterocycles. The van der Waals surface area contributed by atoms with E-state index in [1.54, 1.807) is 0 Å². The summed E-state index contributed by atoms with van der Waals surface area (Å²) >= 11 is 0. The van der Waals surface area contributed by atoms with Crippen LogP contribution in [-0.4, -0.2) is 31.9 Å². The van der Waals surface area contributed by atoms with Gasteiger partial charge in [-0.3, -0.25) is 0 Å². The van der Waals surface area contributed by atoms with Crippen LogP contribution in [0.3, 0.4) is 0 Å². The molecule has 0 N–H and O–H groups in total. The maximum Gasteiger partial charge on any atom is 0.218 e. The average Bonchev–Trinajstić information content (AvgIpc) is 2.64. The molecule has 6 heteroatoms. The number of halogens is 1. The Bertz CT molecular complexity index is 828. The minimum absolute atomic E-state index is 0.0272. The molecule has 140 valence electrons. The molecular weight excluding hydrogens is 353 g/mol. The second-order valence-corrected chi connectivity index (χ2v) is 8.57. The Morgan fingerprint density at radius 2 is 1.77 bits per heavy atom. The molecule has 0 atom stereocenters. The molecule has 1 aliphatic heterocycles. The molecule has 0 unspecified atom stereocenters.